The van der Waals surface area contributed by atoms with Gasteiger partial charge in [0.1, 0.15) is 5.54 Å². The summed E-state index contributed by atoms with van der Waals surface area (Å²) in [7, 11) is 0. The van der Waals surface area contributed by atoms with E-state index in [1.54, 1.807) is 0 Å². The first-order valence-corrected chi connectivity index (χ1v) is 4.21. The highest BCUT2D eigenvalue weighted by atomic mass is 127. The maximum atomic E-state index is 8.93. The van der Waals surface area contributed by atoms with Crippen LogP contribution in [0.4, 0.5) is 0 Å². The molecule has 0 aliphatic carbocycles. The first kappa shape index (κ1) is 8.85. The van der Waals surface area contributed by atoms with Crippen LogP contribution in [-0.4, -0.2) is 31.9 Å². The molecule has 0 aromatic carbocycles. The lowest BCUT2D eigenvalue weighted by Crippen LogP contribution is -2.32. The van der Waals surface area contributed by atoms with Gasteiger partial charge in [-0.05, 0) is 19.1 Å². The molecule has 1 N–H and O–H groups in total. The Labute approximate surface area is 77.9 Å². The third kappa shape index (κ3) is 1.86. The quantitative estimate of drug-likeness (QED) is 0.767. The summed E-state index contributed by atoms with van der Waals surface area (Å²) in [6.07, 6.45) is 0. The van der Waals surface area contributed by atoms with E-state index < -0.39 is 5.54 Å². The summed E-state index contributed by atoms with van der Waals surface area (Å²) in [5, 5.41) is 20.4. The molecule has 0 radical (unpaired) electrons. The van der Waals surface area contributed by atoms with E-state index in [0.29, 0.717) is 3.83 Å². The molecular formula is C5H9IN4O. The monoisotopic (exact) mass is 268 g/mol. The smallest absolute Gasteiger partial charge is 0.234 e. The zero-order valence-electron chi connectivity index (χ0n) is 6.32. The largest absolute Gasteiger partial charge is 0.394 e. The highest BCUT2D eigenvalue weighted by Crippen LogP contribution is 2.09. The van der Waals surface area contributed by atoms with Gasteiger partial charge in [0.05, 0.1) is 6.61 Å². The molecular weight excluding hydrogens is 259 g/mol. The van der Waals surface area contributed by atoms with Crippen molar-refractivity contribution in [3.8, 4) is 0 Å². The number of rotatable bonds is 2. The lowest BCUT2D eigenvalue weighted by molar-refractivity contribution is 0.135. The Bertz CT molecular complexity index is 246. The minimum Gasteiger partial charge on any atom is -0.394 e. The third-order valence-corrected chi connectivity index (χ3v) is 1.75. The molecule has 0 aliphatic heterocycles. The zero-order chi connectivity index (χ0) is 8.48. The lowest BCUT2D eigenvalue weighted by atomic mass is 10.1. The molecule has 62 valence electrons. The highest BCUT2D eigenvalue weighted by molar-refractivity contribution is 14.1. The van der Waals surface area contributed by atoms with Crippen LogP contribution in [0.5, 0.6) is 0 Å². The second-order valence-corrected chi connectivity index (χ2v) is 3.78. The number of halogens is 1. The van der Waals surface area contributed by atoms with Crippen molar-refractivity contribution in [1.82, 2.24) is 20.2 Å². The molecule has 0 saturated carbocycles. The Morgan fingerprint density at radius 3 is 2.64 bits per heavy atom. The Hall–Kier alpha value is -0.240. The maximum absolute atomic E-state index is 8.93. The van der Waals surface area contributed by atoms with E-state index in [1.807, 2.05) is 36.4 Å². The van der Waals surface area contributed by atoms with Crippen molar-refractivity contribution in [3.63, 3.8) is 0 Å². The predicted molar refractivity (Wildman–Crippen MR) is 46.9 cm³/mol. The van der Waals surface area contributed by atoms with Gasteiger partial charge >= 0.3 is 0 Å². The van der Waals surface area contributed by atoms with E-state index in [9.17, 15) is 0 Å². The highest BCUT2D eigenvalue weighted by Gasteiger charge is 2.21. The fourth-order valence-corrected chi connectivity index (χ4v) is 0.818. The Balaban J connectivity index is 2.92. The van der Waals surface area contributed by atoms with E-state index in [4.69, 9.17) is 5.11 Å². The van der Waals surface area contributed by atoms with Crippen molar-refractivity contribution in [2.45, 2.75) is 19.4 Å². The number of aromatic nitrogens is 4. The lowest BCUT2D eigenvalue weighted by Gasteiger charge is -2.18. The molecule has 0 saturated heterocycles. The molecule has 0 bridgehead atoms. The number of tetrazole rings is 1. The summed E-state index contributed by atoms with van der Waals surface area (Å²) in [4.78, 5) is 1.41. The number of aliphatic hydroxyl groups is 1. The summed E-state index contributed by atoms with van der Waals surface area (Å²) in [5.74, 6) is 0. The minimum absolute atomic E-state index is 0.000556. The normalized spacial score (nSPS) is 12.0. The average molecular weight is 268 g/mol. The summed E-state index contributed by atoms with van der Waals surface area (Å²) in [6, 6.07) is 0. The Morgan fingerprint density at radius 2 is 2.27 bits per heavy atom. The van der Waals surface area contributed by atoms with Gasteiger partial charge in [0.2, 0.25) is 3.83 Å². The van der Waals surface area contributed by atoms with Crippen LogP contribution < -0.4 is 0 Å². The summed E-state index contributed by atoms with van der Waals surface area (Å²) in [5.41, 5.74) is -0.462. The van der Waals surface area contributed by atoms with Gasteiger partial charge < -0.3 is 5.11 Å². The Morgan fingerprint density at radius 1 is 1.64 bits per heavy atom. The predicted octanol–water partition coefficient (Wildman–Crippen LogP) is 0.00510. The third-order valence-electron chi connectivity index (χ3n) is 1.32. The summed E-state index contributed by atoms with van der Waals surface area (Å²) >= 11 is 1.97. The minimum atomic E-state index is -0.462. The van der Waals surface area contributed by atoms with Gasteiger partial charge in [0.15, 0.2) is 0 Å². The van der Waals surface area contributed by atoms with E-state index in [0.717, 1.165) is 0 Å². The van der Waals surface area contributed by atoms with Crippen LogP contribution in [0.25, 0.3) is 0 Å². The Kier molecular flexibility index (Phi) is 2.43. The van der Waals surface area contributed by atoms with Crippen molar-refractivity contribution in [1.29, 1.82) is 0 Å². The van der Waals surface area contributed by atoms with E-state index in [1.165, 1.54) is 4.80 Å². The molecule has 1 aromatic heterocycles. The van der Waals surface area contributed by atoms with Crippen LogP contribution in [0.1, 0.15) is 13.8 Å². The second-order valence-electron chi connectivity index (χ2n) is 2.82. The molecule has 1 rings (SSSR count). The topological polar surface area (TPSA) is 63.8 Å². The van der Waals surface area contributed by atoms with Crippen LogP contribution in [0, 0.1) is 3.83 Å². The van der Waals surface area contributed by atoms with E-state index in [2.05, 4.69) is 15.4 Å². The summed E-state index contributed by atoms with van der Waals surface area (Å²) < 4.78 is 0.587. The van der Waals surface area contributed by atoms with Gasteiger partial charge in [-0.3, -0.25) is 0 Å². The molecule has 0 amide bonds. The molecule has 1 heterocycles. The van der Waals surface area contributed by atoms with Gasteiger partial charge in [0.25, 0.3) is 0 Å². The summed E-state index contributed by atoms with van der Waals surface area (Å²) in [6.45, 7) is 3.68. The molecule has 0 spiro atoms. The van der Waals surface area contributed by atoms with Gasteiger partial charge in [-0.1, -0.05) is 0 Å². The molecule has 5 nitrogen and oxygen atoms in total. The van der Waals surface area contributed by atoms with Crippen LogP contribution in [0.15, 0.2) is 0 Å². The molecule has 0 fully saturated rings. The van der Waals surface area contributed by atoms with Gasteiger partial charge in [-0.25, -0.2) is 0 Å². The van der Waals surface area contributed by atoms with Crippen LogP contribution in [0.2, 0.25) is 0 Å². The van der Waals surface area contributed by atoms with Crippen molar-refractivity contribution in [3.05, 3.63) is 3.83 Å². The zero-order valence-corrected chi connectivity index (χ0v) is 8.48. The van der Waals surface area contributed by atoms with Gasteiger partial charge in [-0.15, -0.1) is 10.2 Å². The first-order valence-electron chi connectivity index (χ1n) is 3.13. The SMILES string of the molecule is CC(C)(CO)n1nnc(I)n1. The number of hydrogen-bond donors (Lipinski definition) is 1. The molecule has 0 unspecified atom stereocenters. The number of hydrogen-bond acceptors (Lipinski definition) is 4. The van der Waals surface area contributed by atoms with Crippen LogP contribution in [-0.2, 0) is 5.54 Å². The van der Waals surface area contributed by atoms with Crippen molar-refractivity contribution >= 4 is 22.6 Å². The maximum Gasteiger partial charge on any atom is 0.234 e. The van der Waals surface area contributed by atoms with Crippen LogP contribution in [0.3, 0.4) is 0 Å². The standard InChI is InChI=1S/C5H9IN4O/c1-5(2,3-11)10-8-4(6)7-9-10/h11H,3H2,1-2H3. The number of nitrogens with zero attached hydrogens (tertiary/aromatic N) is 4. The molecule has 0 atom stereocenters. The van der Waals surface area contributed by atoms with Gasteiger partial charge in [-0.2, -0.15) is 4.80 Å². The molecule has 6 heteroatoms. The molecule has 0 aliphatic rings. The van der Waals surface area contributed by atoms with Crippen molar-refractivity contribution in [2.75, 3.05) is 6.61 Å². The average Bonchev–Trinajstić information content (AvgIpc) is 2.36. The fraction of sp³-hybridized carbons (Fsp3) is 0.800. The van der Waals surface area contributed by atoms with E-state index >= 15 is 0 Å². The second kappa shape index (κ2) is 3.02. The fourth-order valence-electron chi connectivity index (χ4n) is 0.517. The first-order chi connectivity index (χ1) is 5.06. The van der Waals surface area contributed by atoms with Crippen molar-refractivity contribution < 1.29 is 5.11 Å². The van der Waals surface area contributed by atoms with Crippen molar-refractivity contribution in [2.24, 2.45) is 0 Å². The van der Waals surface area contributed by atoms with Crippen LogP contribution >= 0.6 is 22.6 Å². The van der Waals surface area contributed by atoms with E-state index in [-0.39, 0.29) is 6.61 Å². The molecule has 1 aromatic rings. The van der Waals surface area contributed by atoms with Gasteiger partial charge in [0, 0.05) is 22.6 Å². The number of aliphatic hydroxyl groups excluding tert-OH is 1. The molecule has 11 heavy (non-hydrogen) atoms.